The predicted octanol–water partition coefficient (Wildman–Crippen LogP) is -0.672. The van der Waals surface area contributed by atoms with Gasteiger partial charge in [0.15, 0.2) is 0 Å². The molecule has 4 heteroatoms. The Hall–Kier alpha value is -0.220. The Kier molecular flexibility index (Phi) is 0.972. The summed E-state index contributed by atoms with van der Waals surface area (Å²) in [5, 5.41) is 8.34. The second-order valence-electron chi connectivity index (χ2n) is 0.819. The summed E-state index contributed by atoms with van der Waals surface area (Å²) >= 11 is 3.37. The zero-order valence-corrected chi connectivity index (χ0v) is 4.22. The van der Waals surface area contributed by atoms with Crippen LogP contribution in [0.25, 0.3) is 0 Å². The van der Waals surface area contributed by atoms with Gasteiger partial charge in [-0.15, -0.1) is 0 Å². The minimum absolute atomic E-state index is 0.361. The molecule has 0 aliphatic carbocycles. The molecule has 0 saturated heterocycles. The van der Waals surface area contributed by atoms with Crippen molar-refractivity contribution in [1.29, 1.82) is 0 Å². The van der Waals surface area contributed by atoms with Gasteiger partial charge in [0.25, 0.3) is 0 Å². The largest absolute Gasteiger partial charge is 0.480 e. The molecule has 0 aliphatic rings. The number of nitrogens with two attached hydrogens (primary N) is 1. The first-order chi connectivity index (χ1) is 4.83. The second kappa shape index (κ2) is 2.87. The summed E-state index contributed by atoms with van der Waals surface area (Å²) in [4.78, 5) is 10.3. The number of thiol groups is 1. The Morgan fingerprint density at radius 3 is 3.14 bits per heavy atom. The summed E-state index contributed by atoms with van der Waals surface area (Å²) in [6, 6.07) is -2.64. The molecule has 0 aromatic heterocycles. The minimum atomic E-state index is -2.64. The highest BCUT2D eigenvalue weighted by Gasteiger charge is 2.06. The van der Waals surface area contributed by atoms with Crippen LogP contribution in [-0.4, -0.2) is 22.8 Å². The van der Waals surface area contributed by atoms with Crippen molar-refractivity contribution in [3.8, 4) is 0 Å². The van der Waals surface area contributed by atoms with Gasteiger partial charge in [0.2, 0.25) is 0 Å². The minimum Gasteiger partial charge on any atom is -0.480 e. The third-order valence-electron chi connectivity index (χ3n) is 0.341. The number of aliphatic carboxylic acids is 1. The highest BCUT2D eigenvalue weighted by atomic mass is 32.1. The quantitative estimate of drug-likeness (QED) is 0.438. The lowest BCUT2D eigenvalue weighted by molar-refractivity contribution is -0.137. The highest BCUT2D eigenvalue weighted by Crippen LogP contribution is 1.80. The van der Waals surface area contributed by atoms with Gasteiger partial charge in [-0.25, -0.2) is 0 Å². The Morgan fingerprint density at radius 1 is 2.57 bits per heavy atom. The number of rotatable bonds is 3. The summed E-state index contributed by atoms with van der Waals surface area (Å²) in [7, 11) is 0. The molecule has 0 aliphatic heterocycles. The molecule has 0 aromatic carbocycles. The van der Waals surface area contributed by atoms with Crippen molar-refractivity contribution >= 4 is 18.6 Å². The predicted molar refractivity (Wildman–Crippen MR) is 29.5 cm³/mol. The molecule has 0 rings (SSSR count). The molecular formula is C3H7NO2S. The van der Waals surface area contributed by atoms with Crippen LogP contribution >= 0.6 is 12.6 Å². The fourth-order valence-electron chi connectivity index (χ4n) is 0.0552. The van der Waals surface area contributed by atoms with Crippen LogP contribution in [0.2, 0.25) is 2.82 Å². The van der Waals surface area contributed by atoms with Gasteiger partial charge in [0.05, 0.1) is 1.37 Å². The first-order valence-electron chi connectivity index (χ1n) is 3.42. The molecule has 3 N–H and O–H groups in total. The van der Waals surface area contributed by atoms with Crippen LogP contribution in [0.1, 0.15) is 2.74 Å². The van der Waals surface area contributed by atoms with E-state index in [4.69, 9.17) is 10.7 Å². The SMILES string of the molecule is [2H]C(S)[C@@]([2H])(C(=O)O)N([2H])[2H]. The maximum atomic E-state index is 10.3. The third kappa shape index (κ3) is 2.47. The fourth-order valence-corrected chi connectivity index (χ4v) is 0.166. The molecule has 42 valence electrons. The topological polar surface area (TPSA) is 63.3 Å². The first-order valence-corrected chi connectivity index (χ1v) is 1.96. The monoisotopic (exact) mass is 125 g/mol. The van der Waals surface area contributed by atoms with Crippen molar-refractivity contribution in [2.45, 2.75) is 6.02 Å². The Balaban J connectivity index is 4.67. The van der Waals surface area contributed by atoms with Gasteiger partial charge >= 0.3 is 5.97 Å². The zero-order valence-electron chi connectivity index (χ0n) is 7.33. The van der Waals surface area contributed by atoms with Crippen LogP contribution in [0.5, 0.6) is 0 Å². The van der Waals surface area contributed by atoms with Crippen molar-refractivity contribution in [1.82, 2.24) is 0 Å². The first kappa shape index (κ1) is 2.37. The zero-order chi connectivity index (χ0) is 9.23. The molecule has 0 heterocycles. The van der Waals surface area contributed by atoms with Gasteiger partial charge in [-0.3, -0.25) is 4.79 Å². The van der Waals surface area contributed by atoms with E-state index in [1.165, 1.54) is 0 Å². The van der Waals surface area contributed by atoms with Gasteiger partial charge in [0, 0.05) is 7.10 Å². The number of hydrogen-bond acceptors (Lipinski definition) is 3. The molecule has 7 heavy (non-hydrogen) atoms. The van der Waals surface area contributed by atoms with E-state index in [1.54, 1.807) is 0 Å². The van der Waals surface area contributed by atoms with Crippen molar-refractivity contribution < 1.29 is 15.5 Å². The summed E-state index contributed by atoms with van der Waals surface area (Å²) in [6.45, 7) is 0. The molecule has 0 fully saturated rings. The molecule has 0 aromatic rings. The van der Waals surface area contributed by atoms with E-state index in [0.29, 0.717) is 0 Å². The van der Waals surface area contributed by atoms with E-state index >= 15 is 0 Å². The summed E-state index contributed by atoms with van der Waals surface area (Å²) in [5.41, 5.74) is -2.02. The third-order valence-corrected chi connectivity index (χ3v) is 0.586. The van der Waals surface area contributed by atoms with Crippen LogP contribution in [-0.2, 0) is 4.79 Å². The van der Waals surface area contributed by atoms with Crippen molar-refractivity contribution in [2.75, 3.05) is 5.73 Å². The lowest BCUT2D eigenvalue weighted by Gasteiger charge is -1.96. The lowest BCUT2D eigenvalue weighted by Crippen LogP contribution is -2.31. The average Bonchev–Trinajstić information content (AvgIpc) is 1.84. The summed E-state index contributed by atoms with van der Waals surface area (Å²) in [6.07, 6.45) is 0. The van der Waals surface area contributed by atoms with Crippen LogP contribution in [0.3, 0.4) is 0 Å². The molecule has 0 saturated carbocycles. The van der Waals surface area contributed by atoms with E-state index in [2.05, 4.69) is 12.6 Å². The second-order valence-corrected chi connectivity index (χ2v) is 1.08. The van der Waals surface area contributed by atoms with Gasteiger partial charge in [-0.05, 0) is 0 Å². The normalized spacial score (nSPS) is 31.1. The number of carboxylic acids is 1. The molecule has 0 amide bonds. The molecule has 0 radical (unpaired) electrons. The highest BCUT2D eigenvalue weighted by molar-refractivity contribution is 7.80. The van der Waals surface area contributed by atoms with Crippen molar-refractivity contribution in [3.63, 3.8) is 0 Å². The van der Waals surface area contributed by atoms with E-state index in [-0.39, 0.29) is 5.72 Å². The fraction of sp³-hybridized carbons (Fsp3) is 0.667. The Labute approximate surface area is 52.7 Å². The van der Waals surface area contributed by atoms with Crippen LogP contribution in [0.4, 0.5) is 0 Å². The van der Waals surface area contributed by atoms with Gasteiger partial charge < -0.3 is 10.8 Å². The van der Waals surface area contributed by atoms with Crippen LogP contribution < -0.4 is 5.72 Å². The number of carbonyl (C=O) groups is 1. The van der Waals surface area contributed by atoms with Gasteiger partial charge in [0.1, 0.15) is 8.84 Å². The molecule has 3 nitrogen and oxygen atoms in total. The number of hydrogen-bond donors (Lipinski definition) is 3. The molecule has 0 bridgehead atoms. The average molecular weight is 125 g/mol. The Morgan fingerprint density at radius 2 is 3.14 bits per heavy atom. The summed E-state index contributed by atoms with van der Waals surface area (Å²) < 4.78 is 26.9. The van der Waals surface area contributed by atoms with Gasteiger partial charge in [-0.1, -0.05) is 0 Å². The van der Waals surface area contributed by atoms with Gasteiger partial charge in [-0.2, -0.15) is 12.6 Å². The lowest BCUT2D eigenvalue weighted by atomic mass is 10.4. The van der Waals surface area contributed by atoms with Crippen molar-refractivity contribution in [3.05, 3.63) is 0 Å². The Bertz CT molecular complexity index is 155. The number of carboxylic acid groups (broad SMARTS) is 1. The molecule has 2 atom stereocenters. The van der Waals surface area contributed by atoms with E-state index < -0.39 is 17.7 Å². The van der Waals surface area contributed by atoms with Crippen LogP contribution in [0.15, 0.2) is 0 Å². The molecular weight excluding hydrogens is 114 g/mol. The van der Waals surface area contributed by atoms with Crippen molar-refractivity contribution in [2.24, 2.45) is 5.72 Å². The standard InChI is InChI=1S/C3H7NO2S/c4-2(1-7)3(5)6/h2,7H,1,4H2,(H,5,6)/t2-/m0/s1/i1D,2D/hD2/t1?,2-. The summed E-state index contributed by atoms with van der Waals surface area (Å²) in [5.74, 6) is -1.74. The smallest absolute Gasteiger partial charge is 0.321 e. The van der Waals surface area contributed by atoms with Crippen LogP contribution in [0, 0.1) is 0 Å². The maximum absolute atomic E-state index is 10.3. The van der Waals surface area contributed by atoms with E-state index in [9.17, 15) is 4.79 Å². The van der Waals surface area contributed by atoms with E-state index in [1.807, 2.05) is 0 Å². The van der Waals surface area contributed by atoms with E-state index in [0.717, 1.165) is 0 Å². The molecule has 1 unspecified atom stereocenters. The maximum Gasteiger partial charge on any atom is 0.321 e. The molecule has 0 spiro atoms.